The lowest BCUT2D eigenvalue weighted by Crippen LogP contribution is -2.07. The number of nitrogen functional groups attached to an aromatic ring is 1. The molecule has 0 bridgehead atoms. The predicted octanol–water partition coefficient (Wildman–Crippen LogP) is 2.50. The van der Waals surface area contributed by atoms with Crippen molar-refractivity contribution >= 4 is 23.4 Å². The maximum absolute atomic E-state index is 11.1. The molecule has 0 atom stereocenters. The van der Waals surface area contributed by atoms with E-state index in [0.29, 0.717) is 12.4 Å². The van der Waals surface area contributed by atoms with Crippen LogP contribution in [-0.2, 0) is 16.0 Å². The monoisotopic (exact) mass is 253 g/mol. The number of hydrogen-bond acceptors (Lipinski definition) is 4. The zero-order valence-electron chi connectivity index (χ0n) is 10.1. The fourth-order valence-electron chi connectivity index (χ4n) is 1.49. The minimum absolute atomic E-state index is 0.124. The second kappa shape index (κ2) is 8.01. The van der Waals surface area contributed by atoms with Gasteiger partial charge in [-0.1, -0.05) is 12.1 Å². The van der Waals surface area contributed by atoms with Gasteiger partial charge in [0.05, 0.1) is 12.4 Å². The first-order valence-electron chi connectivity index (χ1n) is 5.80. The minimum Gasteiger partial charge on any atom is -0.465 e. The van der Waals surface area contributed by atoms with Gasteiger partial charge in [-0.3, -0.25) is 4.79 Å². The zero-order valence-corrected chi connectivity index (χ0v) is 11.0. The Labute approximate surface area is 107 Å². The average molecular weight is 253 g/mol. The molecule has 17 heavy (non-hydrogen) atoms. The first kappa shape index (κ1) is 13.9. The van der Waals surface area contributed by atoms with Gasteiger partial charge in [-0.2, -0.15) is 11.8 Å². The molecule has 0 spiro atoms. The summed E-state index contributed by atoms with van der Waals surface area (Å²) < 4.78 is 4.85. The van der Waals surface area contributed by atoms with Gasteiger partial charge in [-0.15, -0.1) is 0 Å². The van der Waals surface area contributed by atoms with Crippen LogP contribution in [0.25, 0.3) is 0 Å². The summed E-state index contributed by atoms with van der Waals surface area (Å²) in [6.45, 7) is 2.28. The highest BCUT2D eigenvalue weighted by Crippen LogP contribution is 2.11. The molecule has 4 heteroatoms. The lowest BCUT2D eigenvalue weighted by atomic mass is 10.1. The Bertz CT molecular complexity index is 355. The highest BCUT2D eigenvalue weighted by Gasteiger charge is 2.01. The molecule has 2 N–H and O–H groups in total. The van der Waals surface area contributed by atoms with E-state index in [0.717, 1.165) is 24.3 Å². The third-order valence-corrected chi connectivity index (χ3v) is 3.25. The number of anilines is 1. The molecule has 1 aromatic rings. The van der Waals surface area contributed by atoms with Gasteiger partial charge in [0, 0.05) is 5.69 Å². The van der Waals surface area contributed by atoms with E-state index in [4.69, 9.17) is 10.5 Å². The van der Waals surface area contributed by atoms with Crippen LogP contribution in [0.4, 0.5) is 5.69 Å². The first-order chi connectivity index (χ1) is 8.22. The van der Waals surface area contributed by atoms with Crippen LogP contribution in [0.15, 0.2) is 24.3 Å². The van der Waals surface area contributed by atoms with Crippen molar-refractivity contribution < 1.29 is 9.53 Å². The van der Waals surface area contributed by atoms with Crippen molar-refractivity contribution in [2.45, 2.75) is 19.8 Å². The summed E-state index contributed by atoms with van der Waals surface area (Å²) in [5.74, 6) is 1.29. The maximum Gasteiger partial charge on any atom is 0.315 e. The third-order valence-electron chi connectivity index (χ3n) is 2.23. The summed E-state index contributed by atoms with van der Waals surface area (Å²) in [4.78, 5) is 11.1. The van der Waals surface area contributed by atoms with Crippen molar-refractivity contribution in [3.8, 4) is 0 Å². The van der Waals surface area contributed by atoms with E-state index in [1.807, 2.05) is 25.1 Å². The molecule has 0 aliphatic heterocycles. The summed E-state index contributed by atoms with van der Waals surface area (Å²) in [6, 6.07) is 7.93. The van der Waals surface area contributed by atoms with E-state index in [9.17, 15) is 4.79 Å². The van der Waals surface area contributed by atoms with Crippen LogP contribution in [0.1, 0.15) is 18.9 Å². The van der Waals surface area contributed by atoms with Gasteiger partial charge >= 0.3 is 5.97 Å². The van der Waals surface area contributed by atoms with Gasteiger partial charge in [0.1, 0.15) is 0 Å². The van der Waals surface area contributed by atoms with Gasteiger partial charge < -0.3 is 10.5 Å². The number of carbonyl (C=O) groups excluding carboxylic acids is 1. The molecule has 0 fully saturated rings. The minimum atomic E-state index is -0.124. The van der Waals surface area contributed by atoms with Crippen LogP contribution < -0.4 is 5.73 Å². The molecule has 0 radical (unpaired) electrons. The van der Waals surface area contributed by atoms with Crippen LogP contribution in [-0.4, -0.2) is 24.1 Å². The molecule has 0 heterocycles. The summed E-state index contributed by atoms with van der Waals surface area (Å²) in [7, 11) is 0. The molecule has 0 saturated heterocycles. The average Bonchev–Trinajstić information content (AvgIpc) is 2.29. The number of aryl methyl sites for hydroxylation is 1. The summed E-state index contributed by atoms with van der Waals surface area (Å²) in [5.41, 5.74) is 7.75. The molecule has 0 amide bonds. The molecule has 0 unspecified atom stereocenters. The van der Waals surface area contributed by atoms with Crippen molar-refractivity contribution in [3.63, 3.8) is 0 Å². The van der Waals surface area contributed by atoms with E-state index in [2.05, 4.69) is 6.07 Å². The molecular formula is C13H19NO2S. The molecule has 0 aromatic heterocycles. The number of esters is 1. The Morgan fingerprint density at radius 2 is 2.29 bits per heavy atom. The van der Waals surface area contributed by atoms with Crippen molar-refractivity contribution in [2.75, 3.05) is 23.8 Å². The number of hydrogen-bond donors (Lipinski definition) is 1. The molecular weight excluding hydrogens is 234 g/mol. The Morgan fingerprint density at radius 3 is 3.00 bits per heavy atom. The molecule has 1 aromatic carbocycles. The lowest BCUT2D eigenvalue weighted by molar-refractivity contribution is -0.139. The quantitative estimate of drug-likeness (QED) is 0.461. The standard InChI is InChI=1S/C13H19NO2S/c1-2-16-13(15)10-17-8-4-6-11-5-3-7-12(14)9-11/h3,5,7,9H,2,4,6,8,10,14H2,1H3. The van der Waals surface area contributed by atoms with Gasteiger partial charge in [0.25, 0.3) is 0 Å². The van der Waals surface area contributed by atoms with E-state index < -0.39 is 0 Å². The van der Waals surface area contributed by atoms with E-state index in [1.54, 1.807) is 11.8 Å². The molecule has 0 aliphatic carbocycles. The van der Waals surface area contributed by atoms with Crippen LogP contribution >= 0.6 is 11.8 Å². The first-order valence-corrected chi connectivity index (χ1v) is 6.95. The van der Waals surface area contributed by atoms with Crippen molar-refractivity contribution in [2.24, 2.45) is 0 Å². The maximum atomic E-state index is 11.1. The van der Waals surface area contributed by atoms with Gasteiger partial charge in [0.15, 0.2) is 0 Å². The number of nitrogens with two attached hydrogens (primary N) is 1. The van der Waals surface area contributed by atoms with Crippen molar-refractivity contribution in [1.82, 2.24) is 0 Å². The Hall–Kier alpha value is -1.16. The van der Waals surface area contributed by atoms with Crippen LogP contribution in [0.3, 0.4) is 0 Å². The SMILES string of the molecule is CCOC(=O)CSCCCc1cccc(N)c1. The zero-order chi connectivity index (χ0) is 12.5. The summed E-state index contributed by atoms with van der Waals surface area (Å²) >= 11 is 1.62. The number of ether oxygens (including phenoxy) is 1. The lowest BCUT2D eigenvalue weighted by Gasteiger charge is -2.03. The second-order valence-corrected chi connectivity index (χ2v) is 4.81. The fourth-order valence-corrected chi connectivity index (χ4v) is 2.23. The largest absolute Gasteiger partial charge is 0.465 e. The highest BCUT2D eigenvalue weighted by atomic mass is 32.2. The second-order valence-electron chi connectivity index (χ2n) is 3.71. The summed E-state index contributed by atoms with van der Waals surface area (Å²) in [6.07, 6.45) is 2.05. The smallest absolute Gasteiger partial charge is 0.315 e. The van der Waals surface area contributed by atoms with E-state index >= 15 is 0 Å². The predicted molar refractivity (Wildman–Crippen MR) is 73.1 cm³/mol. The van der Waals surface area contributed by atoms with Gasteiger partial charge in [-0.05, 0) is 43.2 Å². The number of benzene rings is 1. The molecule has 0 saturated carbocycles. The highest BCUT2D eigenvalue weighted by molar-refractivity contribution is 7.99. The number of thioether (sulfide) groups is 1. The van der Waals surface area contributed by atoms with Crippen LogP contribution in [0.5, 0.6) is 0 Å². The van der Waals surface area contributed by atoms with Crippen molar-refractivity contribution in [1.29, 1.82) is 0 Å². The Kier molecular flexibility index (Phi) is 6.55. The topological polar surface area (TPSA) is 52.3 Å². The van der Waals surface area contributed by atoms with Crippen molar-refractivity contribution in [3.05, 3.63) is 29.8 Å². The third kappa shape index (κ3) is 6.22. The van der Waals surface area contributed by atoms with Gasteiger partial charge in [-0.25, -0.2) is 0 Å². The Morgan fingerprint density at radius 1 is 1.47 bits per heavy atom. The number of rotatable bonds is 7. The molecule has 1 rings (SSSR count). The normalized spacial score (nSPS) is 10.2. The summed E-state index contributed by atoms with van der Waals surface area (Å²) in [5, 5.41) is 0. The molecule has 3 nitrogen and oxygen atoms in total. The van der Waals surface area contributed by atoms with E-state index in [-0.39, 0.29) is 5.97 Å². The van der Waals surface area contributed by atoms with Gasteiger partial charge in [0.2, 0.25) is 0 Å². The van der Waals surface area contributed by atoms with Crippen LogP contribution in [0, 0.1) is 0 Å². The number of carbonyl (C=O) groups is 1. The fraction of sp³-hybridized carbons (Fsp3) is 0.462. The molecule has 94 valence electrons. The van der Waals surface area contributed by atoms with Crippen LogP contribution in [0.2, 0.25) is 0 Å². The molecule has 0 aliphatic rings. The van der Waals surface area contributed by atoms with E-state index in [1.165, 1.54) is 5.56 Å². The Balaban J connectivity index is 2.10.